The van der Waals surface area contributed by atoms with E-state index in [0.29, 0.717) is 12.0 Å². The van der Waals surface area contributed by atoms with E-state index >= 15 is 0 Å². The molecule has 0 bridgehead atoms. The van der Waals surface area contributed by atoms with Crippen LogP contribution in [0.4, 0.5) is 0 Å². The zero-order valence-electron chi connectivity index (χ0n) is 11.5. The second kappa shape index (κ2) is 6.55. The minimum absolute atomic E-state index is 0.443. The summed E-state index contributed by atoms with van der Waals surface area (Å²) in [5.41, 5.74) is 2.30. The first-order valence-electron chi connectivity index (χ1n) is 6.39. The number of nitrogens with one attached hydrogen (secondary N) is 1. The first-order valence-corrected chi connectivity index (χ1v) is 7.18. The summed E-state index contributed by atoms with van der Waals surface area (Å²) in [4.78, 5) is 0. The normalized spacial score (nSPS) is 13.4. The van der Waals surface area contributed by atoms with Crippen LogP contribution in [-0.4, -0.2) is 22.9 Å². The van der Waals surface area contributed by atoms with Gasteiger partial charge in [0.1, 0.15) is 0 Å². The van der Waals surface area contributed by atoms with E-state index in [1.807, 2.05) is 6.92 Å². The van der Waals surface area contributed by atoms with Crippen molar-refractivity contribution < 1.29 is 0 Å². The molecule has 0 radical (unpaired) electrons. The Morgan fingerprint density at radius 3 is 2.35 bits per heavy atom. The average molecular weight is 302 g/mol. The maximum Gasteiger partial charge on any atom is 0.0738 e. The number of hydrogen-bond acceptors (Lipinski definition) is 2. The SMILES string of the molecule is CCC(CNCC(C)C)n1nc(C)c(Br)c1C. The Morgan fingerprint density at radius 1 is 1.29 bits per heavy atom. The molecule has 0 fully saturated rings. The minimum atomic E-state index is 0.443. The van der Waals surface area contributed by atoms with Crippen molar-refractivity contribution >= 4 is 15.9 Å². The van der Waals surface area contributed by atoms with Gasteiger partial charge in [0.05, 0.1) is 21.9 Å². The van der Waals surface area contributed by atoms with Gasteiger partial charge >= 0.3 is 0 Å². The Labute approximate surface area is 113 Å². The van der Waals surface area contributed by atoms with Gasteiger partial charge in [-0.25, -0.2) is 0 Å². The highest BCUT2D eigenvalue weighted by Crippen LogP contribution is 2.23. The van der Waals surface area contributed by atoms with Gasteiger partial charge in [-0.05, 0) is 48.7 Å². The lowest BCUT2D eigenvalue weighted by atomic mass is 10.2. The Bertz CT molecular complexity index is 358. The van der Waals surface area contributed by atoms with Crippen LogP contribution >= 0.6 is 15.9 Å². The Balaban J connectivity index is 2.69. The third-order valence-electron chi connectivity index (χ3n) is 2.99. The molecule has 3 nitrogen and oxygen atoms in total. The quantitative estimate of drug-likeness (QED) is 0.872. The van der Waals surface area contributed by atoms with Crippen LogP contribution in [0.2, 0.25) is 0 Å². The van der Waals surface area contributed by atoms with Crippen LogP contribution in [0.1, 0.15) is 44.6 Å². The molecule has 1 N–H and O–H groups in total. The van der Waals surface area contributed by atoms with E-state index in [4.69, 9.17) is 0 Å². The molecule has 0 amide bonds. The zero-order valence-corrected chi connectivity index (χ0v) is 13.1. The van der Waals surface area contributed by atoms with E-state index < -0.39 is 0 Å². The van der Waals surface area contributed by atoms with Gasteiger partial charge in [0.15, 0.2) is 0 Å². The molecule has 1 aromatic rings. The summed E-state index contributed by atoms with van der Waals surface area (Å²) < 4.78 is 3.28. The fourth-order valence-corrected chi connectivity index (χ4v) is 2.20. The Hall–Kier alpha value is -0.350. The summed E-state index contributed by atoms with van der Waals surface area (Å²) in [6.07, 6.45) is 1.10. The summed E-state index contributed by atoms with van der Waals surface area (Å²) >= 11 is 3.59. The molecule has 17 heavy (non-hydrogen) atoms. The maximum atomic E-state index is 4.61. The number of hydrogen-bond donors (Lipinski definition) is 1. The Morgan fingerprint density at radius 2 is 1.94 bits per heavy atom. The van der Waals surface area contributed by atoms with E-state index in [1.165, 1.54) is 5.69 Å². The molecule has 0 aromatic carbocycles. The lowest BCUT2D eigenvalue weighted by Crippen LogP contribution is -2.29. The second-order valence-electron chi connectivity index (χ2n) is 5.04. The molecule has 0 aliphatic heterocycles. The van der Waals surface area contributed by atoms with Crippen molar-refractivity contribution in [1.29, 1.82) is 0 Å². The van der Waals surface area contributed by atoms with Gasteiger partial charge < -0.3 is 5.32 Å². The first-order chi connectivity index (χ1) is 7.97. The van der Waals surface area contributed by atoms with Crippen molar-refractivity contribution in [3.63, 3.8) is 0 Å². The van der Waals surface area contributed by atoms with Crippen molar-refractivity contribution in [3.05, 3.63) is 15.9 Å². The summed E-state index contributed by atoms with van der Waals surface area (Å²) in [6.45, 7) is 12.9. The molecule has 4 heteroatoms. The number of aryl methyl sites for hydroxylation is 1. The highest BCUT2D eigenvalue weighted by molar-refractivity contribution is 9.10. The van der Waals surface area contributed by atoms with Crippen LogP contribution in [-0.2, 0) is 0 Å². The molecule has 0 saturated carbocycles. The molecule has 1 atom stereocenters. The van der Waals surface area contributed by atoms with Gasteiger partial charge in [0, 0.05) is 6.54 Å². The molecule has 1 aromatic heterocycles. The zero-order chi connectivity index (χ0) is 13.0. The van der Waals surface area contributed by atoms with Gasteiger partial charge in [-0.3, -0.25) is 4.68 Å². The van der Waals surface area contributed by atoms with Crippen LogP contribution in [0.3, 0.4) is 0 Å². The second-order valence-corrected chi connectivity index (χ2v) is 5.84. The smallest absolute Gasteiger partial charge is 0.0738 e. The maximum absolute atomic E-state index is 4.61. The summed E-state index contributed by atoms with van der Waals surface area (Å²) in [6, 6.07) is 0.443. The van der Waals surface area contributed by atoms with Crippen molar-refractivity contribution in [1.82, 2.24) is 15.1 Å². The van der Waals surface area contributed by atoms with E-state index in [1.54, 1.807) is 0 Å². The molecule has 0 saturated heterocycles. The number of rotatable bonds is 6. The predicted molar refractivity (Wildman–Crippen MR) is 76.4 cm³/mol. The molecule has 98 valence electrons. The molecule has 1 rings (SSSR count). The van der Waals surface area contributed by atoms with Crippen molar-refractivity contribution in [3.8, 4) is 0 Å². The summed E-state index contributed by atoms with van der Waals surface area (Å²) in [7, 11) is 0. The predicted octanol–water partition coefficient (Wildman–Crippen LogP) is 3.46. The average Bonchev–Trinajstić information content (AvgIpc) is 2.52. The van der Waals surface area contributed by atoms with Crippen molar-refractivity contribution in [2.45, 2.75) is 47.1 Å². The largest absolute Gasteiger partial charge is 0.314 e. The van der Waals surface area contributed by atoms with Gasteiger partial charge in [-0.1, -0.05) is 20.8 Å². The topological polar surface area (TPSA) is 29.9 Å². The van der Waals surface area contributed by atoms with E-state index in [-0.39, 0.29) is 0 Å². The summed E-state index contributed by atoms with van der Waals surface area (Å²) in [5.74, 6) is 0.694. The number of halogens is 1. The van der Waals surface area contributed by atoms with Crippen LogP contribution in [0.5, 0.6) is 0 Å². The van der Waals surface area contributed by atoms with E-state index in [9.17, 15) is 0 Å². The van der Waals surface area contributed by atoms with Crippen molar-refractivity contribution in [2.24, 2.45) is 5.92 Å². The van der Waals surface area contributed by atoms with E-state index in [0.717, 1.165) is 29.7 Å². The third-order valence-corrected chi connectivity index (χ3v) is 4.13. The molecule has 1 heterocycles. The monoisotopic (exact) mass is 301 g/mol. The van der Waals surface area contributed by atoms with Crippen molar-refractivity contribution in [2.75, 3.05) is 13.1 Å². The molecule has 1 unspecified atom stereocenters. The number of aromatic nitrogens is 2. The fraction of sp³-hybridized carbons (Fsp3) is 0.769. The van der Waals surface area contributed by atoms with Gasteiger partial charge in [0.25, 0.3) is 0 Å². The molecule has 0 aliphatic rings. The molecular formula is C13H24BrN3. The number of nitrogens with zero attached hydrogens (tertiary/aromatic N) is 2. The lowest BCUT2D eigenvalue weighted by Gasteiger charge is -2.19. The van der Waals surface area contributed by atoms with Crippen LogP contribution in [0, 0.1) is 19.8 Å². The molecule has 0 spiro atoms. The van der Waals surface area contributed by atoms with Crippen LogP contribution in [0.25, 0.3) is 0 Å². The van der Waals surface area contributed by atoms with Crippen LogP contribution < -0.4 is 5.32 Å². The third kappa shape index (κ3) is 3.81. The Kier molecular flexibility index (Phi) is 5.67. The van der Waals surface area contributed by atoms with Gasteiger partial charge in [-0.2, -0.15) is 5.10 Å². The molecular weight excluding hydrogens is 278 g/mol. The first kappa shape index (κ1) is 14.7. The van der Waals surface area contributed by atoms with E-state index in [2.05, 4.69) is 58.7 Å². The van der Waals surface area contributed by atoms with Crippen LogP contribution in [0.15, 0.2) is 4.47 Å². The standard InChI is InChI=1S/C13H24BrN3/c1-6-12(8-15-7-9(2)3)17-11(5)13(14)10(4)16-17/h9,12,15H,6-8H2,1-5H3. The lowest BCUT2D eigenvalue weighted by molar-refractivity contribution is 0.392. The highest BCUT2D eigenvalue weighted by atomic mass is 79.9. The summed E-state index contributed by atoms with van der Waals surface area (Å²) in [5, 5.41) is 8.12. The van der Waals surface area contributed by atoms with Gasteiger partial charge in [0.2, 0.25) is 0 Å². The molecule has 0 aliphatic carbocycles. The fourth-order valence-electron chi connectivity index (χ4n) is 1.94. The van der Waals surface area contributed by atoms with Gasteiger partial charge in [-0.15, -0.1) is 0 Å². The minimum Gasteiger partial charge on any atom is -0.314 e. The highest BCUT2D eigenvalue weighted by Gasteiger charge is 2.15.